The number of halogens is 1. The Bertz CT molecular complexity index is 1940. The van der Waals surface area contributed by atoms with E-state index < -0.39 is 5.91 Å². The molecule has 1 aliphatic heterocycles. The summed E-state index contributed by atoms with van der Waals surface area (Å²) in [4.78, 5) is 35.4. The highest BCUT2D eigenvalue weighted by Crippen LogP contribution is 2.27. The van der Waals surface area contributed by atoms with Gasteiger partial charge in [-0.15, -0.1) is 10.2 Å². The third kappa shape index (κ3) is 6.02. The summed E-state index contributed by atoms with van der Waals surface area (Å²) in [7, 11) is 0. The Labute approximate surface area is 251 Å². The number of para-hydroxylation sites is 1. The molecule has 4 aromatic carbocycles. The number of aromatic amines is 1. The standard InChI is InChI=1S/C33H24ClN7O2/c1-21-36-30(19-24-20-35-29-10-6-5-9-28(24)29)33(43)41(21)27-17-11-23(12-18-27)32(42)40-39-31(22-7-3-2-4-8-22)38-37-26-15-13-25(34)14-16-26/h2-20,35,37H,1H3/b30-19+,38-31+,40-39?. The molecule has 10 heteroatoms. The van der Waals surface area contributed by atoms with Crippen molar-refractivity contribution in [3.63, 3.8) is 0 Å². The number of nitrogens with one attached hydrogen (secondary N) is 2. The number of amides is 2. The fourth-order valence-corrected chi connectivity index (χ4v) is 4.70. The zero-order valence-electron chi connectivity index (χ0n) is 22.9. The van der Waals surface area contributed by atoms with Crippen LogP contribution in [0.3, 0.4) is 0 Å². The van der Waals surface area contributed by atoms with Crippen molar-refractivity contribution in [1.29, 1.82) is 0 Å². The Morgan fingerprint density at radius 1 is 0.884 bits per heavy atom. The highest BCUT2D eigenvalue weighted by molar-refractivity contribution is 6.30. The average molecular weight is 586 g/mol. The van der Waals surface area contributed by atoms with E-state index in [2.05, 4.69) is 30.7 Å². The van der Waals surface area contributed by atoms with Crippen molar-refractivity contribution < 1.29 is 9.59 Å². The van der Waals surface area contributed by atoms with Crippen LogP contribution in [0.2, 0.25) is 5.02 Å². The number of fused-ring (bicyclic) bond motifs is 1. The van der Waals surface area contributed by atoms with Crippen molar-refractivity contribution in [2.45, 2.75) is 6.92 Å². The fourth-order valence-electron chi connectivity index (χ4n) is 4.57. The van der Waals surface area contributed by atoms with Crippen molar-refractivity contribution in [3.8, 4) is 0 Å². The van der Waals surface area contributed by atoms with Gasteiger partial charge in [-0.3, -0.25) is 19.9 Å². The van der Waals surface area contributed by atoms with Gasteiger partial charge in [-0.25, -0.2) is 4.99 Å². The molecule has 0 spiro atoms. The van der Waals surface area contributed by atoms with Gasteiger partial charge in [-0.1, -0.05) is 60.1 Å². The molecule has 210 valence electrons. The maximum atomic E-state index is 13.3. The van der Waals surface area contributed by atoms with Crippen molar-refractivity contribution in [1.82, 2.24) is 4.98 Å². The molecule has 1 aromatic heterocycles. The van der Waals surface area contributed by atoms with Crippen LogP contribution in [0.1, 0.15) is 28.4 Å². The topological polar surface area (TPSA) is 115 Å². The number of azo groups is 1. The monoisotopic (exact) mass is 585 g/mol. The van der Waals surface area contributed by atoms with Gasteiger partial charge in [0.15, 0.2) is 0 Å². The second-order valence-electron chi connectivity index (χ2n) is 9.59. The molecule has 2 heterocycles. The smallest absolute Gasteiger partial charge is 0.295 e. The minimum absolute atomic E-state index is 0.226. The minimum Gasteiger partial charge on any atom is -0.361 e. The quantitative estimate of drug-likeness (QED) is 0.0699. The largest absolute Gasteiger partial charge is 0.361 e. The summed E-state index contributed by atoms with van der Waals surface area (Å²) < 4.78 is 0. The Kier molecular flexibility index (Phi) is 7.71. The first-order valence-electron chi connectivity index (χ1n) is 13.3. The van der Waals surface area contributed by atoms with Crippen LogP contribution in [0.15, 0.2) is 135 Å². The first kappa shape index (κ1) is 27.5. The van der Waals surface area contributed by atoms with Crippen LogP contribution < -0.4 is 10.3 Å². The zero-order valence-corrected chi connectivity index (χ0v) is 23.7. The number of benzene rings is 4. The van der Waals surface area contributed by atoms with Crippen LogP contribution in [-0.4, -0.2) is 28.5 Å². The predicted molar refractivity (Wildman–Crippen MR) is 171 cm³/mol. The number of anilines is 2. The molecule has 0 fully saturated rings. The number of aromatic nitrogens is 1. The summed E-state index contributed by atoms with van der Waals surface area (Å²) in [6.45, 7) is 1.77. The van der Waals surface area contributed by atoms with Crippen LogP contribution in [0.5, 0.6) is 0 Å². The molecule has 1 aliphatic rings. The normalized spacial score (nSPS) is 14.6. The predicted octanol–water partition coefficient (Wildman–Crippen LogP) is 7.69. The van der Waals surface area contributed by atoms with E-state index in [9.17, 15) is 9.59 Å². The van der Waals surface area contributed by atoms with E-state index in [0.717, 1.165) is 16.5 Å². The lowest BCUT2D eigenvalue weighted by atomic mass is 10.1. The number of carbonyl (C=O) groups excluding carboxylic acids is 2. The average Bonchev–Trinajstić information content (AvgIpc) is 3.57. The maximum absolute atomic E-state index is 13.3. The first-order valence-corrected chi connectivity index (χ1v) is 13.7. The molecule has 0 unspecified atom stereocenters. The summed E-state index contributed by atoms with van der Waals surface area (Å²) in [5, 5.41) is 14.0. The maximum Gasteiger partial charge on any atom is 0.295 e. The summed E-state index contributed by atoms with van der Waals surface area (Å²) in [6.07, 6.45) is 3.63. The van der Waals surface area contributed by atoms with E-state index in [1.807, 2.05) is 60.8 Å². The number of hydrazone groups is 1. The van der Waals surface area contributed by atoms with Gasteiger partial charge in [0.05, 0.1) is 11.4 Å². The molecule has 5 aromatic rings. The highest BCUT2D eigenvalue weighted by Gasteiger charge is 2.29. The van der Waals surface area contributed by atoms with E-state index in [1.54, 1.807) is 61.5 Å². The van der Waals surface area contributed by atoms with Crippen molar-refractivity contribution >= 4 is 63.4 Å². The summed E-state index contributed by atoms with van der Waals surface area (Å²) >= 11 is 5.96. The number of hydrogen-bond acceptors (Lipinski definition) is 5. The molecule has 0 radical (unpaired) electrons. The van der Waals surface area contributed by atoms with Crippen LogP contribution >= 0.6 is 11.6 Å². The number of carbonyl (C=O) groups is 2. The summed E-state index contributed by atoms with van der Waals surface area (Å²) in [6, 6.07) is 30.7. The second kappa shape index (κ2) is 12.1. The molecular formula is C33H24ClN7O2. The molecule has 0 saturated carbocycles. The van der Waals surface area contributed by atoms with E-state index in [0.29, 0.717) is 39.1 Å². The molecule has 9 nitrogen and oxygen atoms in total. The lowest BCUT2D eigenvalue weighted by Crippen LogP contribution is -2.30. The number of amidine groups is 2. The molecule has 0 saturated heterocycles. The number of H-pyrrole nitrogens is 1. The molecule has 0 bridgehead atoms. The minimum atomic E-state index is -0.556. The van der Waals surface area contributed by atoms with Gasteiger partial charge in [0.1, 0.15) is 11.5 Å². The van der Waals surface area contributed by atoms with E-state index in [4.69, 9.17) is 11.6 Å². The molecule has 0 atom stereocenters. The van der Waals surface area contributed by atoms with Crippen molar-refractivity contribution in [3.05, 3.63) is 137 Å². The van der Waals surface area contributed by atoms with Crippen LogP contribution in [0.25, 0.3) is 17.0 Å². The Hall–Kier alpha value is -5.67. The van der Waals surface area contributed by atoms with Crippen LogP contribution in [0.4, 0.5) is 11.4 Å². The number of rotatable bonds is 6. The van der Waals surface area contributed by atoms with Gasteiger partial charge >= 0.3 is 0 Å². The Balaban J connectivity index is 1.18. The lowest BCUT2D eigenvalue weighted by Gasteiger charge is -2.16. The van der Waals surface area contributed by atoms with Gasteiger partial charge < -0.3 is 4.98 Å². The fraction of sp³-hybridized carbons (Fsp3) is 0.0303. The zero-order chi connectivity index (χ0) is 29.8. The number of nitrogens with zero attached hydrogens (tertiary/aromatic N) is 5. The van der Waals surface area contributed by atoms with Crippen molar-refractivity contribution in [2.24, 2.45) is 20.3 Å². The lowest BCUT2D eigenvalue weighted by molar-refractivity contribution is -0.113. The molecule has 6 rings (SSSR count). The van der Waals surface area contributed by atoms with Gasteiger partial charge in [-0.2, -0.15) is 5.10 Å². The van der Waals surface area contributed by atoms with E-state index >= 15 is 0 Å². The van der Waals surface area contributed by atoms with E-state index in [-0.39, 0.29) is 11.7 Å². The van der Waals surface area contributed by atoms with Gasteiger partial charge in [0.25, 0.3) is 11.8 Å². The highest BCUT2D eigenvalue weighted by atomic mass is 35.5. The molecule has 43 heavy (non-hydrogen) atoms. The van der Waals surface area contributed by atoms with Crippen molar-refractivity contribution in [2.75, 3.05) is 10.3 Å². The third-order valence-corrected chi connectivity index (χ3v) is 6.97. The number of aliphatic imine (C=N–C) groups is 1. The number of hydrogen-bond donors (Lipinski definition) is 2. The second-order valence-corrected chi connectivity index (χ2v) is 10.0. The SMILES string of the molecule is CC1=N/C(=C/c2c[nH]c3ccccc23)C(=O)N1c1ccc(C(=O)N=N/C(=N/Nc2ccc(Cl)cc2)c2ccccc2)cc1. The molecular weight excluding hydrogens is 562 g/mol. The first-order chi connectivity index (χ1) is 21.0. The van der Waals surface area contributed by atoms with Gasteiger partial charge in [-0.05, 0) is 67.6 Å². The van der Waals surface area contributed by atoms with Crippen LogP contribution in [0, 0.1) is 0 Å². The third-order valence-electron chi connectivity index (χ3n) is 6.72. The summed E-state index contributed by atoms with van der Waals surface area (Å²) in [5.41, 5.74) is 7.37. The van der Waals surface area contributed by atoms with Gasteiger partial charge in [0, 0.05) is 38.8 Å². The Morgan fingerprint density at radius 2 is 1.60 bits per heavy atom. The van der Waals surface area contributed by atoms with Crippen LogP contribution in [-0.2, 0) is 4.79 Å². The molecule has 2 amide bonds. The van der Waals surface area contributed by atoms with Gasteiger partial charge in [0.2, 0.25) is 5.84 Å². The van der Waals surface area contributed by atoms with E-state index in [1.165, 1.54) is 4.90 Å². The molecule has 2 N–H and O–H groups in total. The Morgan fingerprint density at radius 3 is 2.37 bits per heavy atom. The summed E-state index contributed by atoms with van der Waals surface area (Å²) in [5.74, 6) is -0.0468. The molecule has 0 aliphatic carbocycles.